The minimum absolute atomic E-state index is 0.0400. The van der Waals surface area contributed by atoms with Crippen LogP contribution in [0.25, 0.3) is 32.4 Å². The summed E-state index contributed by atoms with van der Waals surface area (Å²) in [5, 5.41) is 4.24. The second-order valence-corrected chi connectivity index (χ2v) is 9.80. The number of pyridine rings is 1. The number of thiophene rings is 1. The van der Waals surface area contributed by atoms with Gasteiger partial charge >= 0.3 is 0 Å². The maximum atomic E-state index is 13.5. The van der Waals surface area contributed by atoms with Crippen LogP contribution in [0.4, 0.5) is 0 Å². The van der Waals surface area contributed by atoms with Crippen molar-refractivity contribution in [1.29, 1.82) is 0 Å². The highest BCUT2D eigenvalue weighted by Gasteiger charge is 2.26. The van der Waals surface area contributed by atoms with Crippen LogP contribution in [0, 0.1) is 5.92 Å². The molecule has 1 N–H and O–H groups in total. The van der Waals surface area contributed by atoms with E-state index in [4.69, 9.17) is 4.98 Å². The lowest BCUT2D eigenvalue weighted by Crippen LogP contribution is -2.39. The van der Waals surface area contributed by atoms with E-state index in [1.807, 2.05) is 29.2 Å². The van der Waals surface area contributed by atoms with Gasteiger partial charge in [0, 0.05) is 29.4 Å². The predicted octanol–water partition coefficient (Wildman–Crippen LogP) is 6.54. The molecule has 0 radical (unpaired) electrons. The minimum atomic E-state index is 0.0400. The summed E-state index contributed by atoms with van der Waals surface area (Å²) in [6, 6.07) is 25.0. The van der Waals surface area contributed by atoms with Gasteiger partial charge in [-0.2, -0.15) is 0 Å². The van der Waals surface area contributed by atoms with E-state index in [2.05, 4.69) is 58.9 Å². The molecule has 164 valence electrons. The van der Waals surface area contributed by atoms with Gasteiger partial charge in [0.1, 0.15) is 11.4 Å². The molecule has 1 saturated heterocycles. The number of nitrogens with one attached hydrogen (secondary N) is 1. The standard InChI is InChI=1S/C28H25N3OS/c32-28(31-14-12-20(13-15-31)17-19-7-2-1-3-8-19)24-18-22-21-9-4-5-10-23(21)29-26(22)27(30-24)25-11-6-16-33-25/h1-11,16,18,20,29H,12-15,17H2. The summed E-state index contributed by atoms with van der Waals surface area (Å²) in [5.41, 5.74) is 4.85. The largest absolute Gasteiger partial charge is 0.353 e. The zero-order chi connectivity index (χ0) is 22.2. The van der Waals surface area contributed by atoms with E-state index >= 15 is 0 Å². The van der Waals surface area contributed by atoms with Gasteiger partial charge in [-0.05, 0) is 54.3 Å². The minimum Gasteiger partial charge on any atom is -0.353 e. The molecular weight excluding hydrogens is 426 g/mol. The summed E-state index contributed by atoms with van der Waals surface area (Å²) in [5.74, 6) is 0.667. The molecule has 0 atom stereocenters. The third-order valence-electron chi connectivity index (χ3n) is 6.74. The van der Waals surface area contributed by atoms with Crippen molar-refractivity contribution >= 4 is 39.0 Å². The van der Waals surface area contributed by atoms with Crippen LogP contribution in [0.5, 0.6) is 0 Å². The van der Waals surface area contributed by atoms with Crippen LogP contribution in [-0.4, -0.2) is 33.9 Å². The third kappa shape index (κ3) is 3.83. The number of nitrogens with zero attached hydrogens (tertiary/aromatic N) is 2. The van der Waals surface area contributed by atoms with Gasteiger partial charge in [0.05, 0.1) is 10.4 Å². The van der Waals surface area contributed by atoms with Gasteiger partial charge in [0.2, 0.25) is 0 Å². The Morgan fingerprint density at radius 1 is 0.970 bits per heavy atom. The summed E-state index contributed by atoms with van der Waals surface area (Å²) < 4.78 is 0. The maximum absolute atomic E-state index is 13.5. The zero-order valence-corrected chi connectivity index (χ0v) is 19.1. The van der Waals surface area contributed by atoms with Crippen LogP contribution in [0.2, 0.25) is 0 Å². The van der Waals surface area contributed by atoms with Gasteiger partial charge in [-0.15, -0.1) is 11.3 Å². The van der Waals surface area contributed by atoms with Gasteiger partial charge in [-0.25, -0.2) is 4.98 Å². The number of hydrogen-bond donors (Lipinski definition) is 1. The predicted molar refractivity (Wildman–Crippen MR) is 136 cm³/mol. The van der Waals surface area contributed by atoms with E-state index in [1.165, 1.54) is 5.56 Å². The number of likely N-dealkylation sites (tertiary alicyclic amines) is 1. The van der Waals surface area contributed by atoms with Gasteiger partial charge < -0.3 is 9.88 Å². The molecule has 5 heteroatoms. The fourth-order valence-corrected chi connectivity index (χ4v) is 5.72. The van der Waals surface area contributed by atoms with Crippen molar-refractivity contribution in [1.82, 2.24) is 14.9 Å². The Balaban J connectivity index is 1.30. The van der Waals surface area contributed by atoms with Gasteiger partial charge in [-0.1, -0.05) is 54.6 Å². The first-order valence-corrected chi connectivity index (χ1v) is 12.4. The van der Waals surface area contributed by atoms with E-state index in [0.29, 0.717) is 11.6 Å². The lowest BCUT2D eigenvalue weighted by Gasteiger charge is -2.32. The lowest BCUT2D eigenvalue weighted by molar-refractivity contribution is 0.0685. The van der Waals surface area contributed by atoms with Crippen LogP contribution in [-0.2, 0) is 6.42 Å². The molecule has 0 spiro atoms. The summed E-state index contributed by atoms with van der Waals surface area (Å²) >= 11 is 1.65. The summed E-state index contributed by atoms with van der Waals surface area (Å²) in [4.78, 5) is 25.0. The number of carbonyl (C=O) groups is 1. The van der Waals surface area contributed by atoms with Crippen molar-refractivity contribution in [3.05, 3.63) is 89.4 Å². The number of para-hydroxylation sites is 1. The first-order chi connectivity index (χ1) is 16.3. The fourth-order valence-electron chi connectivity index (χ4n) is 5.00. The summed E-state index contributed by atoms with van der Waals surface area (Å²) in [6.07, 6.45) is 3.16. The average molecular weight is 452 g/mol. The van der Waals surface area contributed by atoms with Crippen LogP contribution in [0.1, 0.15) is 28.9 Å². The molecule has 1 aliphatic rings. The van der Waals surface area contributed by atoms with Gasteiger partial charge in [0.15, 0.2) is 0 Å². The Morgan fingerprint density at radius 3 is 2.55 bits per heavy atom. The number of fused-ring (bicyclic) bond motifs is 3. The highest BCUT2D eigenvalue weighted by atomic mass is 32.1. The first-order valence-electron chi connectivity index (χ1n) is 11.5. The molecule has 0 aliphatic carbocycles. The molecule has 2 aromatic carbocycles. The molecule has 5 aromatic rings. The van der Waals surface area contributed by atoms with Crippen molar-refractivity contribution < 1.29 is 4.79 Å². The van der Waals surface area contributed by atoms with E-state index in [1.54, 1.807) is 11.3 Å². The number of aromatic nitrogens is 2. The van der Waals surface area contributed by atoms with Crippen molar-refractivity contribution in [3.63, 3.8) is 0 Å². The molecule has 0 unspecified atom stereocenters. The quantitative estimate of drug-likeness (QED) is 0.337. The van der Waals surface area contributed by atoms with Gasteiger partial charge in [0.25, 0.3) is 5.91 Å². The SMILES string of the molecule is O=C(c1cc2c([nH]c3ccccc32)c(-c2cccs2)n1)N1CCC(Cc2ccccc2)CC1. The van der Waals surface area contributed by atoms with E-state index in [0.717, 1.165) is 64.7 Å². The molecule has 33 heavy (non-hydrogen) atoms. The van der Waals surface area contributed by atoms with E-state index < -0.39 is 0 Å². The summed E-state index contributed by atoms with van der Waals surface area (Å²) in [6.45, 7) is 1.58. The normalized spacial score (nSPS) is 14.8. The van der Waals surface area contributed by atoms with Crippen molar-refractivity contribution in [2.45, 2.75) is 19.3 Å². The number of rotatable bonds is 4. The molecule has 6 rings (SSSR count). The topological polar surface area (TPSA) is 49.0 Å². The number of aromatic amines is 1. The second kappa shape index (κ2) is 8.49. The third-order valence-corrected chi connectivity index (χ3v) is 7.62. The first kappa shape index (κ1) is 20.2. The van der Waals surface area contributed by atoms with Crippen LogP contribution in [0.15, 0.2) is 78.2 Å². The van der Waals surface area contributed by atoms with Crippen LogP contribution >= 0.6 is 11.3 Å². The molecule has 0 bridgehead atoms. The van der Waals surface area contributed by atoms with Crippen molar-refractivity contribution in [2.75, 3.05) is 13.1 Å². The maximum Gasteiger partial charge on any atom is 0.272 e. The Labute approximate surface area is 196 Å². The number of amides is 1. The molecular formula is C28H25N3OS. The highest BCUT2D eigenvalue weighted by Crippen LogP contribution is 2.35. The Bertz CT molecular complexity index is 1410. The lowest BCUT2D eigenvalue weighted by atomic mass is 9.90. The van der Waals surface area contributed by atoms with Gasteiger partial charge in [-0.3, -0.25) is 4.79 Å². The van der Waals surface area contributed by atoms with Crippen molar-refractivity contribution in [2.24, 2.45) is 5.92 Å². The number of carbonyl (C=O) groups excluding carboxylic acids is 1. The molecule has 3 aromatic heterocycles. The molecule has 1 fully saturated rings. The summed E-state index contributed by atoms with van der Waals surface area (Å²) in [7, 11) is 0. The molecule has 4 heterocycles. The number of hydrogen-bond acceptors (Lipinski definition) is 3. The smallest absolute Gasteiger partial charge is 0.272 e. The molecule has 1 amide bonds. The Kier molecular flexibility index (Phi) is 5.19. The number of piperidine rings is 1. The Hall–Kier alpha value is -3.44. The average Bonchev–Trinajstić information content (AvgIpc) is 3.52. The molecule has 0 saturated carbocycles. The van der Waals surface area contributed by atoms with E-state index in [9.17, 15) is 4.79 Å². The second-order valence-electron chi connectivity index (χ2n) is 8.85. The van der Waals surface area contributed by atoms with Crippen LogP contribution in [0.3, 0.4) is 0 Å². The molecule has 1 aliphatic heterocycles. The Morgan fingerprint density at radius 2 is 1.76 bits per heavy atom. The zero-order valence-electron chi connectivity index (χ0n) is 18.3. The number of H-pyrrole nitrogens is 1. The van der Waals surface area contributed by atoms with E-state index in [-0.39, 0.29) is 5.91 Å². The fraction of sp³-hybridized carbons (Fsp3) is 0.214. The highest BCUT2D eigenvalue weighted by molar-refractivity contribution is 7.13. The number of benzene rings is 2. The van der Waals surface area contributed by atoms with Crippen LogP contribution < -0.4 is 0 Å². The molecule has 4 nitrogen and oxygen atoms in total. The van der Waals surface area contributed by atoms with Crippen molar-refractivity contribution in [3.8, 4) is 10.6 Å². The monoisotopic (exact) mass is 451 g/mol.